The van der Waals surface area contributed by atoms with Gasteiger partial charge in [-0.3, -0.25) is 9.59 Å². The van der Waals surface area contributed by atoms with Gasteiger partial charge in [-0.1, -0.05) is 12.1 Å². The van der Waals surface area contributed by atoms with Gasteiger partial charge in [0, 0.05) is 19.0 Å². The Bertz CT molecular complexity index is 1090. The monoisotopic (exact) mass is 439 g/mol. The van der Waals surface area contributed by atoms with Gasteiger partial charge in [-0.2, -0.15) is 0 Å². The molecular weight excluding hydrogens is 418 g/mol. The van der Waals surface area contributed by atoms with Gasteiger partial charge in [0.1, 0.15) is 23.3 Å². The number of methoxy groups -OCH3 is 1. The first-order chi connectivity index (χ1) is 15.4. The first-order valence-electron chi connectivity index (χ1n) is 9.91. The SMILES string of the molecule is COc1ccc(C=C2Oc3cc(OCC(=O)N4CC(O)C[C@H]4C(=O)O)ccc3C2=O)cc1. The van der Waals surface area contributed by atoms with Crippen molar-refractivity contribution in [1.29, 1.82) is 0 Å². The van der Waals surface area contributed by atoms with E-state index in [9.17, 15) is 24.6 Å². The molecule has 1 unspecified atom stereocenters. The van der Waals surface area contributed by atoms with Crippen LogP contribution >= 0.6 is 0 Å². The Morgan fingerprint density at radius 2 is 1.91 bits per heavy atom. The number of β-amino-alcohol motifs (C(OH)–C–C–N with tert-alkyl or cyclic N) is 1. The third-order valence-electron chi connectivity index (χ3n) is 5.30. The summed E-state index contributed by atoms with van der Waals surface area (Å²) in [5.41, 5.74) is 1.14. The minimum Gasteiger partial charge on any atom is -0.497 e. The lowest BCUT2D eigenvalue weighted by molar-refractivity contribution is -0.148. The smallest absolute Gasteiger partial charge is 0.326 e. The number of carboxylic acid groups (broad SMARTS) is 1. The molecule has 0 aromatic heterocycles. The summed E-state index contributed by atoms with van der Waals surface area (Å²) in [7, 11) is 1.57. The Hall–Kier alpha value is -3.85. The number of ether oxygens (including phenoxy) is 3. The molecule has 2 aliphatic rings. The zero-order valence-corrected chi connectivity index (χ0v) is 17.2. The number of aliphatic carboxylic acids is 1. The first-order valence-corrected chi connectivity index (χ1v) is 9.91. The van der Waals surface area contributed by atoms with E-state index >= 15 is 0 Å². The highest BCUT2D eigenvalue weighted by Crippen LogP contribution is 2.35. The van der Waals surface area contributed by atoms with Crippen molar-refractivity contribution in [2.75, 3.05) is 20.3 Å². The van der Waals surface area contributed by atoms with Crippen LogP contribution in [-0.4, -0.2) is 65.2 Å². The number of carboxylic acids is 1. The third kappa shape index (κ3) is 4.28. The summed E-state index contributed by atoms with van der Waals surface area (Å²) in [6.07, 6.45) is 0.728. The van der Waals surface area contributed by atoms with Gasteiger partial charge in [0.2, 0.25) is 5.78 Å². The number of allylic oxidation sites excluding steroid dienone is 1. The number of nitrogens with zero attached hydrogens (tertiary/aromatic N) is 1. The lowest BCUT2D eigenvalue weighted by Gasteiger charge is -2.21. The molecule has 4 rings (SSSR count). The lowest BCUT2D eigenvalue weighted by Crippen LogP contribution is -2.42. The van der Waals surface area contributed by atoms with Gasteiger partial charge in [0.25, 0.3) is 5.91 Å². The topological polar surface area (TPSA) is 123 Å². The van der Waals surface area contributed by atoms with Gasteiger partial charge in [-0.05, 0) is 35.9 Å². The van der Waals surface area contributed by atoms with Crippen molar-refractivity contribution in [2.24, 2.45) is 0 Å². The second-order valence-corrected chi connectivity index (χ2v) is 7.45. The molecular formula is C23H21NO8. The number of carbonyl (C=O) groups excluding carboxylic acids is 2. The van der Waals surface area contributed by atoms with E-state index in [1.807, 2.05) is 0 Å². The van der Waals surface area contributed by atoms with Crippen molar-refractivity contribution < 1.29 is 38.8 Å². The maximum atomic E-state index is 12.6. The molecule has 2 aromatic rings. The van der Waals surface area contributed by atoms with Crippen LogP contribution in [0.4, 0.5) is 0 Å². The molecule has 1 amide bonds. The molecule has 9 heteroatoms. The standard InChI is InChI=1S/C23H21NO8/c1-30-15-4-2-13(3-5-15)8-20-22(27)17-7-6-16(10-19(17)32-20)31-12-21(26)24-11-14(25)9-18(24)23(28)29/h2-8,10,14,18,25H,9,11-12H2,1H3,(H,28,29)/t14?,18-/m0/s1. The van der Waals surface area contributed by atoms with Crippen LogP contribution in [0.25, 0.3) is 6.08 Å². The first kappa shape index (κ1) is 21.4. The minimum atomic E-state index is -1.17. The Labute approximate surface area is 183 Å². The van der Waals surface area contributed by atoms with Gasteiger partial charge in [-0.25, -0.2) is 4.79 Å². The highest BCUT2D eigenvalue weighted by molar-refractivity contribution is 6.14. The van der Waals surface area contributed by atoms with Gasteiger partial charge in [-0.15, -0.1) is 0 Å². The predicted octanol–water partition coefficient (Wildman–Crippen LogP) is 1.74. The molecule has 2 N–H and O–H groups in total. The largest absolute Gasteiger partial charge is 0.497 e. The van der Waals surface area contributed by atoms with Crippen molar-refractivity contribution in [2.45, 2.75) is 18.6 Å². The van der Waals surface area contributed by atoms with E-state index in [1.54, 1.807) is 43.5 Å². The van der Waals surface area contributed by atoms with Crippen LogP contribution in [0.15, 0.2) is 48.2 Å². The van der Waals surface area contributed by atoms with Crippen LogP contribution in [0.2, 0.25) is 0 Å². The molecule has 9 nitrogen and oxygen atoms in total. The summed E-state index contributed by atoms with van der Waals surface area (Å²) in [6, 6.07) is 10.7. The van der Waals surface area contributed by atoms with Gasteiger partial charge in [0.15, 0.2) is 12.4 Å². The molecule has 1 saturated heterocycles. The van der Waals surface area contributed by atoms with Gasteiger partial charge < -0.3 is 29.3 Å². The van der Waals surface area contributed by atoms with Crippen LogP contribution < -0.4 is 14.2 Å². The fraction of sp³-hybridized carbons (Fsp3) is 0.261. The van der Waals surface area contributed by atoms with E-state index in [4.69, 9.17) is 14.2 Å². The number of fused-ring (bicyclic) bond motifs is 1. The van der Waals surface area contributed by atoms with Gasteiger partial charge in [0.05, 0.1) is 18.8 Å². The number of hydrogen-bond donors (Lipinski definition) is 2. The van der Waals surface area contributed by atoms with E-state index in [2.05, 4.69) is 0 Å². The Morgan fingerprint density at radius 3 is 2.59 bits per heavy atom. The number of aliphatic hydroxyl groups excluding tert-OH is 1. The quantitative estimate of drug-likeness (QED) is 0.653. The molecule has 2 aromatic carbocycles. The highest BCUT2D eigenvalue weighted by atomic mass is 16.5. The number of aliphatic hydroxyl groups is 1. The fourth-order valence-electron chi connectivity index (χ4n) is 3.66. The van der Waals surface area contributed by atoms with Crippen molar-refractivity contribution in [3.63, 3.8) is 0 Å². The van der Waals surface area contributed by atoms with Crippen molar-refractivity contribution in [3.05, 3.63) is 59.4 Å². The summed E-state index contributed by atoms with van der Waals surface area (Å²) < 4.78 is 16.3. The second-order valence-electron chi connectivity index (χ2n) is 7.45. The molecule has 0 saturated carbocycles. The average Bonchev–Trinajstić information content (AvgIpc) is 3.32. The van der Waals surface area contributed by atoms with Crippen LogP contribution in [0.3, 0.4) is 0 Å². The van der Waals surface area contributed by atoms with Crippen molar-refractivity contribution >= 4 is 23.7 Å². The van der Waals surface area contributed by atoms with E-state index in [-0.39, 0.29) is 24.5 Å². The van der Waals surface area contributed by atoms with Crippen LogP contribution in [0, 0.1) is 0 Å². The van der Waals surface area contributed by atoms with Crippen LogP contribution in [-0.2, 0) is 9.59 Å². The molecule has 32 heavy (non-hydrogen) atoms. The summed E-state index contributed by atoms with van der Waals surface area (Å²) in [5.74, 6) is -0.532. The lowest BCUT2D eigenvalue weighted by atomic mass is 10.1. The van der Waals surface area contributed by atoms with E-state index in [0.717, 1.165) is 10.5 Å². The zero-order valence-electron chi connectivity index (χ0n) is 17.2. The number of ketones is 1. The van der Waals surface area contributed by atoms with Crippen molar-refractivity contribution in [3.8, 4) is 17.2 Å². The molecule has 0 bridgehead atoms. The Balaban J connectivity index is 1.43. The minimum absolute atomic E-state index is 0.0147. The molecule has 2 atom stereocenters. The number of Topliss-reactive ketones (excluding diaryl/α,β-unsaturated/α-hetero) is 1. The highest BCUT2D eigenvalue weighted by Gasteiger charge is 2.39. The Kier molecular flexibility index (Phi) is 5.83. The van der Waals surface area contributed by atoms with E-state index in [0.29, 0.717) is 22.8 Å². The summed E-state index contributed by atoms with van der Waals surface area (Å²) >= 11 is 0. The number of benzene rings is 2. The van der Waals surface area contributed by atoms with Crippen LogP contribution in [0.5, 0.6) is 17.2 Å². The van der Waals surface area contributed by atoms with E-state index in [1.165, 1.54) is 12.1 Å². The maximum absolute atomic E-state index is 12.6. The Morgan fingerprint density at radius 1 is 1.19 bits per heavy atom. The molecule has 166 valence electrons. The third-order valence-corrected chi connectivity index (χ3v) is 5.30. The summed E-state index contributed by atoms with van der Waals surface area (Å²) in [5, 5.41) is 18.9. The molecule has 0 aliphatic carbocycles. The average molecular weight is 439 g/mol. The molecule has 0 spiro atoms. The van der Waals surface area contributed by atoms with Crippen molar-refractivity contribution in [1.82, 2.24) is 4.90 Å². The number of hydrogen-bond acceptors (Lipinski definition) is 7. The number of rotatable bonds is 6. The maximum Gasteiger partial charge on any atom is 0.326 e. The molecule has 1 fully saturated rings. The summed E-state index contributed by atoms with van der Waals surface area (Å²) in [4.78, 5) is 37.4. The second kappa shape index (κ2) is 8.72. The molecule has 0 radical (unpaired) electrons. The normalized spacial score (nSPS) is 20.8. The predicted molar refractivity (Wildman–Crippen MR) is 112 cm³/mol. The number of likely N-dealkylation sites (tertiary alicyclic amines) is 1. The zero-order chi connectivity index (χ0) is 22.8. The molecule has 2 aliphatic heterocycles. The van der Waals surface area contributed by atoms with E-state index < -0.39 is 30.6 Å². The summed E-state index contributed by atoms with van der Waals surface area (Å²) in [6.45, 7) is -0.460. The number of carbonyl (C=O) groups is 3. The van der Waals surface area contributed by atoms with Gasteiger partial charge >= 0.3 is 5.97 Å². The fourth-order valence-corrected chi connectivity index (χ4v) is 3.66. The van der Waals surface area contributed by atoms with Crippen LogP contribution in [0.1, 0.15) is 22.3 Å². The number of amides is 1. The molecule has 2 heterocycles.